The van der Waals surface area contributed by atoms with Crippen LogP contribution in [0.2, 0.25) is 5.02 Å². The van der Waals surface area contributed by atoms with Gasteiger partial charge in [-0.25, -0.2) is 9.97 Å². The number of nitrogens with zero attached hydrogens (tertiary/aromatic N) is 4. The molecule has 7 heteroatoms. The lowest BCUT2D eigenvalue weighted by atomic mass is 10.1. The Hall–Kier alpha value is -2.34. The van der Waals surface area contributed by atoms with Crippen molar-refractivity contribution in [1.29, 1.82) is 0 Å². The molecular formula is C14H14ClN5O. The van der Waals surface area contributed by atoms with E-state index in [9.17, 15) is 0 Å². The number of hydrogen-bond donors (Lipinski definition) is 1. The predicted octanol–water partition coefficient (Wildman–Crippen LogP) is 2.31. The smallest absolute Gasteiger partial charge is 0.245 e. The minimum absolute atomic E-state index is 0.401. The molecule has 2 aromatic heterocycles. The first-order chi connectivity index (χ1) is 10.2. The molecule has 1 aromatic carbocycles. The molecule has 3 rings (SSSR count). The summed E-state index contributed by atoms with van der Waals surface area (Å²) >= 11 is 5.88. The van der Waals surface area contributed by atoms with E-state index in [2.05, 4.69) is 15.0 Å². The highest BCUT2D eigenvalue weighted by molar-refractivity contribution is 6.30. The molecule has 0 atom stereocenters. The molecule has 2 N–H and O–H groups in total. The lowest BCUT2D eigenvalue weighted by Gasteiger charge is -2.06. The summed E-state index contributed by atoms with van der Waals surface area (Å²) in [4.78, 5) is 12.6. The predicted molar refractivity (Wildman–Crippen MR) is 81.4 cm³/mol. The summed E-state index contributed by atoms with van der Waals surface area (Å²) in [7, 11) is 1.55. The molecule has 3 aromatic rings. The first-order valence-electron chi connectivity index (χ1n) is 6.44. The van der Waals surface area contributed by atoms with Gasteiger partial charge in [0.05, 0.1) is 7.11 Å². The van der Waals surface area contributed by atoms with Gasteiger partial charge in [-0.05, 0) is 24.1 Å². The zero-order valence-corrected chi connectivity index (χ0v) is 12.2. The maximum atomic E-state index is 5.97. The number of fused-ring (bicyclic) bond motifs is 1. The van der Waals surface area contributed by atoms with Crippen LogP contribution in [0.3, 0.4) is 0 Å². The number of aryl methyl sites for hydroxylation is 2. The molecule has 0 radical (unpaired) electrons. The summed E-state index contributed by atoms with van der Waals surface area (Å²) in [5.74, 6) is 0.828. The van der Waals surface area contributed by atoms with Crippen LogP contribution in [0.25, 0.3) is 11.2 Å². The van der Waals surface area contributed by atoms with Gasteiger partial charge in [-0.1, -0.05) is 23.7 Å². The number of anilines is 1. The Bertz CT molecular complexity index is 769. The number of aromatic nitrogens is 4. The molecule has 21 heavy (non-hydrogen) atoms. The highest BCUT2D eigenvalue weighted by atomic mass is 35.5. The van der Waals surface area contributed by atoms with Gasteiger partial charge < -0.3 is 10.5 Å². The van der Waals surface area contributed by atoms with Crippen molar-refractivity contribution in [2.45, 2.75) is 13.0 Å². The van der Waals surface area contributed by atoms with Crippen LogP contribution in [-0.2, 0) is 13.0 Å². The van der Waals surface area contributed by atoms with Gasteiger partial charge in [0.15, 0.2) is 11.2 Å². The number of hydrogen-bond acceptors (Lipinski definition) is 5. The van der Waals surface area contributed by atoms with E-state index in [-0.39, 0.29) is 0 Å². The van der Waals surface area contributed by atoms with Gasteiger partial charge in [0.25, 0.3) is 0 Å². The third-order valence-corrected chi connectivity index (χ3v) is 3.51. The highest BCUT2D eigenvalue weighted by Crippen LogP contribution is 2.23. The fraction of sp³-hybridized carbons (Fsp3) is 0.214. The van der Waals surface area contributed by atoms with Crippen molar-refractivity contribution in [2.24, 2.45) is 0 Å². The van der Waals surface area contributed by atoms with E-state index in [0.717, 1.165) is 11.4 Å². The Kier molecular flexibility index (Phi) is 3.62. The van der Waals surface area contributed by atoms with E-state index in [4.69, 9.17) is 22.1 Å². The number of imidazole rings is 1. The largest absolute Gasteiger partial charge is 0.479 e. The Morgan fingerprint density at radius 2 is 2.00 bits per heavy atom. The number of methoxy groups -OCH3 is 1. The fourth-order valence-electron chi connectivity index (χ4n) is 2.19. The van der Waals surface area contributed by atoms with E-state index in [1.54, 1.807) is 7.11 Å². The van der Waals surface area contributed by atoms with Gasteiger partial charge in [-0.2, -0.15) is 4.98 Å². The first-order valence-corrected chi connectivity index (χ1v) is 6.82. The molecule has 6 nitrogen and oxygen atoms in total. The molecule has 0 aliphatic rings. The van der Waals surface area contributed by atoms with E-state index in [1.807, 2.05) is 28.8 Å². The molecule has 0 bridgehead atoms. The summed E-state index contributed by atoms with van der Waals surface area (Å²) in [5.41, 5.74) is 8.39. The maximum absolute atomic E-state index is 5.97. The van der Waals surface area contributed by atoms with Crippen molar-refractivity contribution in [3.63, 3.8) is 0 Å². The van der Waals surface area contributed by atoms with Crippen LogP contribution in [0.1, 0.15) is 5.56 Å². The van der Waals surface area contributed by atoms with Crippen LogP contribution >= 0.6 is 11.6 Å². The number of halogens is 1. The summed E-state index contributed by atoms with van der Waals surface area (Å²) in [6.45, 7) is 0.671. The van der Waals surface area contributed by atoms with Crippen LogP contribution in [0, 0.1) is 0 Å². The third-order valence-electron chi connectivity index (χ3n) is 3.26. The highest BCUT2D eigenvalue weighted by Gasteiger charge is 2.14. The Balaban J connectivity index is 1.90. The number of ether oxygens (including phenoxy) is 1. The van der Waals surface area contributed by atoms with E-state index >= 15 is 0 Å². The van der Waals surface area contributed by atoms with Crippen LogP contribution in [-0.4, -0.2) is 26.6 Å². The molecule has 0 unspecified atom stereocenters. The van der Waals surface area contributed by atoms with Crippen LogP contribution in [0.4, 0.5) is 5.95 Å². The molecule has 0 aliphatic carbocycles. The van der Waals surface area contributed by atoms with Crippen molar-refractivity contribution >= 4 is 28.7 Å². The first kappa shape index (κ1) is 13.6. The Morgan fingerprint density at radius 1 is 1.24 bits per heavy atom. The maximum Gasteiger partial charge on any atom is 0.245 e. The van der Waals surface area contributed by atoms with Gasteiger partial charge >= 0.3 is 0 Å². The van der Waals surface area contributed by atoms with Gasteiger partial charge in [0.1, 0.15) is 6.33 Å². The molecular weight excluding hydrogens is 290 g/mol. The monoisotopic (exact) mass is 303 g/mol. The number of nitrogen functional groups attached to an aromatic ring is 1. The SMILES string of the molecule is COc1ncnc2c1nc(N)n2CCc1ccc(Cl)cc1. The molecule has 0 fully saturated rings. The van der Waals surface area contributed by atoms with Crippen molar-refractivity contribution in [2.75, 3.05) is 12.8 Å². The minimum atomic E-state index is 0.401. The van der Waals surface area contributed by atoms with Crippen LogP contribution in [0.5, 0.6) is 5.88 Å². The van der Waals surface area contributed by atoms with Crippen molar-refractivity contribution in [3.8, 4) is 5.88 Å². The molecule has 2 heterocycles. The molecule has 108 valence electrons. The number of nitrogens with two attached hydrogens (primary N) is 1. The van der Waals surface area contributed by atoms with E-state index in [1.165, 1.54) is 11.9 Å². The normalized spacial score (nSPS) is 11.0. The number of rotatable bonds is 4. The Morgan fingerprint density at radius 3 is 2.71 bits per heavy atom. The van der Waals surface area contributed by atoms with Crippen LogP contribution < -0.4 is 10.5 Å². The average Bonchev–Trinajstić information content (AvgIpc) is 2.82. The quantitative estimate of drug-likeness (QED) is 0.800. The average molecular weight is 304 g/mol. The zero-order valence-electron chi connectivity index (χ0n) is 11.5. The van der Waals surface area contributed by atoms with Crippen LogP contribution in [0.15, 0.2) is 30.6 Å². The van der Waals surface area contributed by atoms with E-state index < -0.39 is 0 Å². The van der Waals surface area contributed by atoms with Crippen molar-refractivity contribution < 1.29 is 4.74 Å². The second-order valence-electron chi connectivity index (χ2n) is 4.55. The Labute approximate surface area is 126 Å². The summed E-state index contributed by atoms with van der Waals surface area (Å²) in [5, 5.41) is 0.726. The molecule has 0 saturated carbocycles. The second-order valence-corrected chi connectivity index (χ2v) is 4.99. The van der Waals surface area contributed by atoms with Gasteiger partial charge in [0, 0.05) is 11.6 Å². The van der Waals surface area contributed by atoms with Crippen molar-refractivity contribution in [3.05, 3.63) is 41.2 Å². The number of benzene rings is 1. The van der Waals surface area contributed by atoms with E-state index in [0.29, 0.717) is 29.5 Å². The summed E-state index contributed by atoms with van der Waals surface area (Å²) in [6, 6.07) is 7.73. The summed E-state index contributed by atoms with van der Waals surface area (Å²) < 4.78 is 7.03. The molecule has 0 amide bonds. The van der Waals surface area contributed by atoms with Crippen molar-refractivity contribution in [1.82, 2.24) is 19.5 Å². The lowest BCUT2D eigenvalue weighted by Crippen LogP contribution is -2.06. The zero-order chi connectivity index (χ0) is 14.8. The standard InChI is InChI=1S/C14H14ClN5O/c1-21-13-11-12(17-8-18-13)20(14(16)19-11)7-6-9-2-4-10(15)5-3-9/h2-5,8H,6-7H2,1H3,(H2,16,19). The molecule has 0 saturated heterocycles. The second kappa shape index (κ2) is 5.57. The van der Waals surface area contributed by atoms with Gasteiger partial charge in [0.2, 0.25) is 11.8 Å². The van der Waals surface area contributed by atoms with Gasteiger partial charge in [-0.15, -0.1) is 0 Å². The third kappa shape index (κ3) is 2.62. The van der Waals surface area contributed by atoms with Gasteiger partial charge in [-0.3, -0.25) is 4.57 Å². The molecule has 0 aliphatic heterocycles. The fourth-order valence-corrected chi connectivity index (χ4v) is 2.32. The lowest BCUT2D eigenvalue weighted by molar-refractivity contribution is 0.401. The summed E-state index contributed by atoms with van der Waals surface area (Å²) in [6.07, 6.45) is 2.25. The topological polar surface area (TPSA) is 78.8 Å². The molecule has 0 spiro atoms. The minimum Gasteiger partial charge on any atom is -0.479 e.